The zero-order valence-electron chi connectivity index (χ0n) is 16.4. The number of rotatable bonds is 9. The predicted octanol–water partition coefficient (Wildman–Crippen LogP) is 1.70. The minimum atomic E-state index is -1.68. The number of aliphatic carboxylic acids is 1. The van der Waals surface area contributed by atoms with Crippen LogP contribution in [0.1, 0.15) is 31.0 Å². The Morgan fingerprint density at radius 2 is 2.10 bits per heavy atom. The van der Waals surface area contributed by atoms with Crippen LogP contribution in [0.3, 0.4) is 0 Å². The fourth-order valence-electron chi connectivity index (χ4n) is 2.26. The van der Waals surface area contributed by atoms with Gasteiger partial charge in [-0.05, 0) is 13.0 Å². The number of carbonyl (C=O) groups excluding carboxylic acids is 2. The van der Waals surface area contributed by atoms with Gasteiger partial charge in [0.2, 0.25) is 5.89 Å². The predicted molar refractivity (Wildman–Crippen MR) is 107 cm³/mol. The molecule has 3 rings (SSSR count). The lowest BCUT2D eigenvalue weighted by Crippen LogP contribution is -2.46. The highest BCUT2D eigenvalue weighted by molar-refractivity contribution is 6.32. The normalized spacial score (nSPS) is 12.0. The van der Waals surface area contributed by atoms with E-state index in [1.807, 2.05) is 0 Å². The third kappa shape index (κ3) is 6.35. The number of nitrogens with two attached hydrogens (primary N) is 1. The number of carboxylic acids is 1. The van der Waals surface area contributed by atoms with Crippen LogP contribution in [-0.4, -0.2) is 51.0 Å². The molecule has 0 aliphatic rings. The van der Waals surface area contributed by atoms with Crippen molar-refractivity contribution in [1.82, 2.24) is 10.1 Å². The molecule has 0 aliphatic heterocycles. The van der Waals surface area contributed by atoms with E-state index in [-0.39, 0.29) is 25.4 Å². The topological polar surface area (TPSA) is 179 Å². The van der Waals surface area contributed by atoms with Crippen LogP contribution in [-0.2, 0) is 20.8 Å². The number of hydrogen-bond acceptors (Lipinski definition) is 10. The molecule has 31 heavy (non-hydrogen) atoms. The maximum absolute atomic E-state index is 10.7. The van der Waals surface area contributed by atoms with Gasteiger partial charge in [-0.25, -0.2) is 4.98 Å². The van der Waals surface area contributed by atoms with Crippen LogP contribution in [0.5, 0.6) is 5.75 Å². The lowest BCUT2D eigenvalue weighted by atomic mass is 10.1. The molecule has 2 aromatic heterocycles. The fraction of sp³-hybridized carbons (Fsp3) is 0.316. The Balaban J connectivity index is 0.000000366. The number of aliphatic hydroxyl groups is 1. The van der Waals surface area contributed by atoms with Crippen LogP contribution in [0.15, 0.2) is 33.5 Å². The summed E-state index contributed by atoms with van der Waals surface area (Å²) in [5.74, 6) is -0.0568. The van der Waals surface area contributed by atoms with Gasteiger partial charge in [-0.1, -0.05) is 16.8 Å². The monoisotopic (exact) mass is 453 g/mol. The van der Waals surface area contributed by atoms with Gasteiger partial charge < -0.3 is 39.2 Å². The summed E-state index contributed by atoms with van der Waals surface area (Å²) in [5, 5.41) is 21.9. The fourth-order valence-corrected chi connectivity index (χ4v) is 2.47. The van der Waals surface area contributed by atoms with Crippen LogP contribution in [0.25, 0.3) is 11.0 Å². The van der Waals surface area contributed by atoms with Gasteiger partial charge in [0.15, 0.2) is 17.2 Å². The van der Waals surface area contributed by atoms with E-state index in [2.05, 4.69) is 10.1 Å². The second-order valence-electron chi connectivity index (χ2n) is 6.44. The van der Waals surface area contributed by atoms with Crippen molar-refractivity contribution < 1.29 is 38.3 Å². The van der Waals surface area contributed by atoms with E-state index < -0.39 is 24.2 Å². The van der Waals surface area contributed by atoms with Crippen molar-refractivity contribution in [3.63, 3.8) is 0 Å². The number of aromatic nitrogens is 2. The number of benzene rings is 1. The van der Waals surface area contributed by atoms with E-state index in [1.54, 1.807) is 19.1 Å². The lowest BCUT2D eigenvalue weighted by Gasteiger charge is -2.12. The van der Waals surface area contributed by atoms with Gasteiger partial charge in [-0.15, -0.1) is 0 Å². The molecule has 0 radical (unpaired) electrons. The number of halogens is 1. The highest BCUT2D eigenvalue weighted by Crippen LogP contribution is 2.34. The van der Waals surface area contributed by atoms with Crippen LogP contribution in [0, 0.1) is 0 Å². The third-order valence-corrected chi connectivity index (χ3v) is 4.29. The van der Waals surface area contributed by atoms with Gasteiger partial charge in [0, 0.05) is 17.9 Å². The summed E-state index contributed by atoms with van der Waals surface area (Å²) in [6.07, 6.45) is 3.23. The van der Waals surface area contributed by atoms with Crippen LogP contribution in [0.4, 0.5) is 0 Å². The Kier molecular flexibility index (Phi) is 8.25. The molecule has 1 unspecified atom stereocenters. The summed E-state index contributed by atoms with van der Waals surface area (Å²) in [7, 11) is 0. The SMILES string of the molecule is CC(Oc1cc2onc(CCC(=O)O)c2cc1Cl)c1ncco1.NC(C=O)(C=O)CO. The molecule has 2 heterocycles. The smallest absolute Gasteiger partial charge is 0.303 e. The summed E-state index contributed by atoms with van der Waals surface area (Å²) in [4.78, 5) is 34.2. The zero-order valence-corrected chi connectivity index (χ0v) is 17.1. The molecule has 0 saturated carbocycles. The summed E-state index contributed by atoms with van der Waals surface area (Å²) < 4.78 is 16.1. The first-order chi connectivity index (χ1) is 14.7. The van der Waals surface area contributed by atoms with E-state index in [0.717, 1.165) is 0 Å². The van der Waals surface area contributed by atoms with Gasteiger partial charge >= 0.3 is 5.97 Å². The molecule has 0 amide bonds. The highest BCUT2D eigenvalue weighted by atomic mass is 35.5. The number of aliphatic hydroxyl groups excluding tert-OH is 1. The molecular formula is C19H20ClN3O8. The van der Waals surface area contributed by atoms with Gasteiger partial charge in [0.05, 0.1) is 29.9 Å². The van der Waals surface area contributed by atoms with E-state index in [4.69, 9.17) is 41.2 Å². The Hall–Kier alpha value is -3.28. The molecule has 166 valence electrons. The van der Waals surface area contributed by atoms with E-state index >= 15 is 0 Å². The molecule has 0 fully saturated rings. The van der Waals surface area contributed by atoms with Crippen molar-refractivity contribution >= 4 is 41.1 Å². The number of oxazole rings is 1. The molecule has 12 heteroatoms. The molecule has 0 spiro atoms. The second-order valence-corrected chi connectivity index (χ2v) is 6.85. The number of hydrogen-bond donors (Lipinski definition) is 3. The van der Waals surface area contributed by atoms with E-state index in [9.17, 15) is 14.4 Å². The Morgan fingerprint density at radius 3 is 2.61 bits per heavy atom. The van der Waals surface area contributed by atoms with E-state index in [0.29, 0.717) is 33.3 Å². The standard InChI is InChI=1S/C15H13ClN2O5.C4H7NO3/c1-8(15-17-4-5-21-15)22-13-7-12-9(6-10(13)16)11(18-23-12)2-3-14(19)20;5-4(1-6,2-7)3-8/h4-8H,2-3H2,1H3,(H,19,20);1-2,8H,3,5H2. The van der Waals surface area contributed by atoms with Crippen LogP contribution in [0.2, 0.25) is 5.02 Å². The minimum Gasteiger partial charge on any atom is -0.481 e. The number of carbonyl (C=O) groups is 3. The van der Waals surface area contributed by atoms with Crippen molar-refractivity contribution in [2.75, 3.05) is 6.61 Å². The number of carboxylic acid groups (broad SMARTS) is 1. The molecule has 4 N–H and O–H groups in total. The average molecular weight is 454 g/mol. The number of nitrogens with zero attached hydrogens (tertiary/aromatic N) is 2. The molecule has 0 aliphatic carbocycles. The maximum Gasteiger partial charge on any atom is 0.303 e. The summed E-state index contributed by atoms with van der Waals surface area (Å²) in [6, 6.07) is 3.27. The first kappa shape index (κ1) is 24.0. The molecule has 11 nitrogen and oxygen atoms in total. The maximum atomic E-state index is 10.7. The quantitative estimate of drug-likeness (QED) is 0.317. The number of aldehydes is 2. The van der Waals surface area contributed by atoms with Gasteiger partial charge in [0.25, 0.3) is 0 Å². The molecule has 1 aromatic carbocycles. The van der Waals surface area contributed by atoms with Gasteiger partial charge in [-0.3, -0.25) is 4.79 Å². The molecule has 1 atom stereocenters. The van der Waals surface area contributed by atoms with Crippen molar-refractivity contribution in [2.45, 2.75) is 31.4 Å². The van der Waals surface area contributed by atoms with Gasteiger partial charge in [-0.2, -0.15) is 0 Å². The van der Waals surface area contributed by atoms with Crippen LogP contribution < -0.4 is 10.5 Å². The minimum absolute atomic E-state index is 0.0291. The summed E-state index contributed by atoms with van der Waals surface area (Å²) >= 11 is 6.24. The second kappa shape index (κ2) is 10.7. The summed E-state index contributed by atoms with van der Waals surface area (Å²) in [6.45, 7) is 1.14. The first-order valence-corrected chi connectivity index (χ1v) is 9.28. The number of aryl methyl sites for hydroxylation is 1. The highest BCUT2D eigenvalue weighted by Gasteiger charge is 2.21. The van der Waals surface area contributed by atoms with Crippen molar-refractivity contribution in [1.29, 1.82) is 0 Å². The Morgan fingerprint density at radius 1 is 1.39 bits per heavy atom. The molecule has 0 bridgehead atoms. The Labute approximate surface area is 180 Å². The van der Waals surface area contributed by atoms with Crippen molar-refractivity contribution in [3.8, 4) is 5.75 Å². The summed E-state index contributed by atoms with van der Waals surface area (Å²) in [5.41, 5.74) is 4.26. The van der Waals surface area contributed by atoms with Crippen LogP contribution >= 0.6 is 11.6 Å². The number of ether oxygens (including phenoxy) is 1. The molecule has 3 aromatic rings. The van der Waals surface area contributed by atoms with Gasteiger partial charge in [0.1, 0.15) is 24.6 Å². The number of fused-ring (bicyclic) bond motifs is 1. The van der Waals surface area contributed by atoms with Crippen molar-refractivity contribution in [2.24, 2.45) is 5.73 Å². The zero-order chi connectivity index (χ0) is 23.0. The first-order valence-electron chi connectivity index (χ1n) is 8.91. The molecular weight excluding hydrogens is 434 g/mol. The lowest BCUT2D eigenvalue weighted by molar-refractivity contribution is -0.137. The molecule has 0 saturated heterocycles. The average Bonchev–Trinajstić information content (AvgIpc) is 3.43. The largest absolute Gasteiger partial charge is 0.481 e. The van der Waals surface area contributed by atoms with Crippen molar-refractivity contribution in [3.05, 3.63) is 41.2 Å². The third-order valence-electron chi connectivity index (χ3n) is 3.99. The Bertz CT molecular complexity index is 1030. The van der Waals surface area contributed by atoms with E-state index in [1.165, 1.54) is 12.5 Å².